The van der Waals surface area contributed by atoms with E-state index < -0.39 is 5.76 Å². The lowest BCUT2D eigenvalue weighted by Crippen LogP contribution is -2.15. The van der Waals surface area contributed by atoms with Gasteiger partial charge in [0.2, 0.25) is 5.91 Å². The number of alkyl halides is 2. The van der Waals surface area contributed by atoms with E-state index >= 15 is 0 Å². The van der Waals surface area contributed by atoms with Crippen LogP contribution in [0.4, 0.5) is 14.5 Å². The van der Waals surface area contributed by atoms with E-state index in [0.29, 0.717) is 28.8 Å². The minimum atomic E-state index is -2.45. The van der Waals surface area contributed by atoms with Gasteiger partial charge in [0.1, 0.15) is 0 Å². The third-order valence-corrected chi connectivity index (χ3v) is 2.88. The van der Waals surface area contributed by atoms with Gasteiger partial charge in [-0.25, -0.2) is 0 Å². The molecule has 7 heteroatoms. The molecule has 0 spiro atoms. The molecule has 0 aliphatic heterocycles. The first-order valence-electron chi connectivity index (χ1n) is 5.61. The number of carbonyl (C=O) groups excluding carboxylic acids is 1. The molecule has 19 heavy (non-hydrogen) atoms. The van der Waals surface area contributed by atoms with Gasteiger partial charge in [0, 0.05) is 17.0 Å². The lowest BCUT2D eigenvalue weighted by molar-refractivity contribution is -0.116. The molecule has 0 saturated carbocycles. The van der Waals surface area contributed by atoms with Crippen LogP contribution in [0.2, 0.25) is 0 Å². The maximum absolute atomic E-state index is 12.2. The molecule has 0 unspecified atom stereocenters. The van der Waals surface area contributed by atoms with Gasteiger partial charge in [0.25, 0.3) is 5.76 Å². The number of carbonyl (C=O) groups is 1. The van der Waals surface area contributed by atoms with Crippen LogP contribution in [0.25, 0.3) is 0 Å². The highest BCUT2D eigenvalue weighted by atomic mass is 35.5. The fourth-order valence-corrected chi connectivity index (χ4v) is 1.96. The number of rotatable bonds is 7. The van der Waals surface area contributed by atoms with Crippen molar-refractivity contribution in [3.63, 3.8) is 0 Å². The first-order chi connectivity index (χ1) is 8.61. The van der Waals surface area contributed by atoms with Crippen molar-refractivity contribution in [2.24, 2.45) is 0 Å². The molecule has 0 aliphatic carbocycles. The molecule has 0 radical (unpaired) electrons. The van der Waals surface area contributed by atoms with Gasteiger partial charge in [-0.05, 0) is 38.2 Å². The van der Waals surface area contributed by atoms with Crippen LogP contribution in [0.15, 0.2) is 29.2 Å². The highest BCUT2D eigenvalue weighted by Crippen LogP contribution is 2.27. The summed E-state index contributed by atoms with van der Waals surface area (Å²) < 4.78 is 24.4. The van der Waals surface area contributed by atoms with Crippen molar-refractivity contribution in [3.8, 4) is 0 Å². The smallest absolute Gasteiger partial charge is 0.288 e. The Labute approximate surface area is 121 Å². The van der Waals surface area contributed by atoms with Crippen molar-refractivity contribution in [2.75, 3.05) is 18.9 Å². The molecule has 1 aromatic rings. The molecule has 0 saturated heterocycles. The highest BCUT2D eigenvalue weighted by Gasteiger charge is 2.07. The third kappa shape index (κ3) is 8.02. The van der Waals surface area contributed by atoms with Crippen molar-refractivity contribution in [1.29, 1.82) is 0 Å². The third-order valence-electron chi connectivity index (χ3n) is 2.17. The number of hydrogen-bond acceptors (Lipinski definition) is 3. The summed E-state index contributed by atoms with van der Waals surface area (Å²) in [5, 5.41) is 5.64. The van der Waals surface area contributed by atoms with Gasteiger partial charge < -0.3 is 10.6 Å². The summed E-state index contributed by atoms with van der Waals surface area (Å²) in [6.07, 6.45) is 1.15. The Bertz CT molecular complexity index is 394. The average molecular weight is 311 g/mol. The van der Waals surface area contributed by atoms with E-state index in [4.69, 9.17) is 0 Å². The monoisotopic (exact) mass is 310 g/mol. The second-order valence-corrected chi connectivity index (χ2v) is 4.73. The van der Waals surface area contributed by atoms with Crippen LogP contribution in [0, 0.1) is 0 Å². The molecule has 2 N–H and O–H groups in total. The maximum Gasteiger partial charge on any atom is 0.288 e. The van der Waals surface area contributed by atoms with Crippen LogP contribution >= 0.6 is 24.2 Å². The largest absolute Gasteiger partial charge is 0.326 e. The molecule has 0 atom stereocenters. The van der Waals surface area contributed by atoms with E-state index in [9.17, 15) is 13.6 Å². The van der Waals surface area contributed by atoms with Gasteiger partial charge in [-0.3, -0.25) is 4.79 Å². The molecule has 0 heterocycles. The van der Waals surface area contributed by atoms with Crippen LogP contribution in [0.3, 0.4) is 0 Å². The normalized spacial score (nSPS) is 10.1. The molecule has 0 bridgehead atoms. The van der Waals surface area contributed by atoms with Crippen molar-refractivity contribution in [1.82, 2.24) is 5.32 Å². The first kappa shape index (κ1) is 18.1. The fraction of sp³-hybridized carbons (Fsp3) is 0.417. The quantitative estimate of drug-likeness (QED) is 0.599. The van der Waals surface area contributed by atoms with E-state index in [0.717, 1.165) is 13.0 Å². The Hall–Kier alpha value is -0.850. The molecule has 3 nitrogen and oxygen atoms in total. The lowest BCUT2D eigenvalue weighted by Gasteiger charge is -2.07. The van der Waals surface area contributed by atoms with Crippen molar-refractivity contribution >= 4 is 35.8 Å². The van der Waals surface area contributed by atoms with Gasteiger partial charge in [0.05, 0.1) is 0 Å². The number of benzene rings is 1. The molecule has 0 aliphatic rings. The Morgan fingerprint density at radius 3 is 2.79 bits per heavy atom. The predicted molar refractivity (Wildman–Crippen MR) is 77.3 cm³/mol. The number of nitrogens with one attached hydrogen (secondary N) is 2. The Morgan fingerprint density at radius 1 is 1.42 bits per heavy atom. The van der Waals surface area contributed by atoms with E-state index in [-0.39, 0.29) is 18.3 Å². The highest BCUT2D eigenvalue weighted by molar-refractivity contribution is 7.99. The summed E-state index contributed by atoms with van der Waals surface area (Å²) in [7, 11) is 1.82. The van der Waals surface area contributed by atoms with Gasteiger partial charge >= 0.3 is 0 Å². The fourth-order valence-electron chi connectivity index (χ4n) is 1.40. The Morgan fingerprint density at radius 2 is 2.16 bits per heavy atom. The summed E-state index contributed by atoms with van der Waals surface area (Å²) in [6.45, 7) is 0.773. The second kappa shape index (κ2) is 10.00. The Kier molecular flexibility index (Phi) is 9.55. The Balaban J connectivity index is 0.00000324. The minimum Gasteiger partial charge on any atom is -0.326 e. The second-order valence-electron chi connectivity index (χ2n) is 3.66. The van der Waals surface area contributed by atoms with Crippen LogP contribution in [-0.2, 0) is 4.79 Å². The van der Waals surface area contributed by atoms with Crippen molar-refractivity contribution in [2.45, 2.75) is 23.5 Å². The molecule has 0 fully saturated rings. The summed E-state index contributed by atoms with van der Waals surface area (Å²) in [5.41, 5.74) is 0.551. The SMILES string of the molecule is CNCCCC(=O)Nc1cccc(SC(F)F)c1.Cl. The summed E-state index contributed by atoms with van der Waals surface area (Å²) >= 11 is 0.467. The molecule has 1 aromatic carbocycles. The zero-order chi connectivity index (χ0) is 13.4. The number of hydrogen-bond donors (Lipinski definition) is 2. The van der Waals surface area contributed by atoms with Gasteiger partial charge in [-0.2, -0.15) is 8.78 Å². The molecular formula is C12H17ClF2N2OS. The summed E-state index contributed by atoms with van der Waals surface area (Å²) in [6, 6.07) is 6.47. The van der Waals surface area contributed by atoms with E-state index in [1.165, 1.54) is 0 Å². The molecule has 108 valence electrons. The standard InChI is InChI=1S/C12H16F2N2OS.ClH/c1-15-7-3-6-11(17)16-9-4-2-5-10(8-9)18-12(13)14;/h2,4-5,8,12,15H,3,6-7H2,1H3,(H,16,17);1H. The van der Waals surface area contributed by atoms with Gasteiger partial charge in [-0.15, -0.1) is 12.4 Å². The van der Waals surface area contributed by atoms with Crippen LogP contribution in [-0.4, -0.2) is 25.3 Å². The van der Waals surface area contributed by atoms with Crippen LogP contribution in [0.1, 0.15) is 12.8 Å². The zero-order valence-corrected chi connectivity index (χ0v) is 12.1. The van der Waals surface area contributed by atoms with E-state index in [1.54, 1.807) is 24.3 Å². The number of amides is 1. The number of thioether (sulfide) groups is 1. The maximum atomic E-state index is 12.2. The molecular weight excluding hydrogens is 294 g/mol. The van der Waals surface area contributed by atoms with Crippen LogP contribution < -0.4 is 10.6 Å². The minimum absolute atomic E-state index is 0. The lowest BCUT2D eigenvalue weighted by atomic mass is 10.2. The molecule has 0 aromatic heterocycles. The topological polar surface area (TPSA) is 41.1 Å². The average Bonchev–Trinajstić information content (AvgIpc) is 2.28. The summed E-state index contributed by atoms with van der Waals surface area (Å²) in [4.78, 5) is 12.0. The van der Waals surface area contributed by atoms with E-state index in [2.05, 4.69) is 10.6 Å². The summed E-state index contributed by atoms with van der Waals surface area (Å²) in [5.74, 6) is -2.56. The number of halogens is 3. The van der Waals surface area contributed by atoms with Crippen molar-refractivity contribution in [3.05, 3.63) is 24.3 Å². The predicted octanol–water partition coefficient (Wildman–Crippen LogP) is 3.36. The zero-order valence-electron chi connectivity index (χ0n) is 10.5. The van der Waals surface area contributed by atoms with Crippen molar-refractivity contribution < 1.29 is 13.6 Å². The van der Waals surface area contributed by atoms with Gasteiger partial charge in [-0.1, -0.05) is 17.8 Å². The molecule has 1 rings (SSSR count). The first-order valence-corrected chi connectivity index (χ1v) is 6.49. The van der Waals surface area contributed by atoms with E-state index in [1.807, 2.05) is 7.05 Å². The molecule has 1 amide bonds. The van der Waals surface area contributed by atoms with Gasteiger partial charge in [0.15, 0.2) is 0 Å². The van der Waals surface area contributed by atoms with Crippen LogP contribution in [0.5, 0.6) is 0 Å². The number of anilines is 1.